The zero-order chi connectivity index (χ0) is 22.4. The normalized spacial score (nSPS) is 12.1. The molecular weight excluding hydrogens is 402 g/mol. The summed E-state index contributed by atoms with van der Waals surface area (Å²) in [5.41, 5.74) is 2.13. The predicted octanol–water partition coefficient (Wildman–Crippen LogP) is 5.45. The van der Waals surface area contributed by atoms with Crippen LogP contribution in [0, 0.1) is 0 Å². The molecule has 0 spiro atoms. The second kappa shape index (κ2) is 9.55. The van der Waals surface area contributed by atoms with Crippen LogP contribution in [0.3, 0.4) is 0 Å². The molecule has 0 aliphatic rings. The predicted molar refractivity (Wildman–Crippen MR) is 114 cm³/mol. The van der Waals surface area contributed by atoms with E-state index in [1.54, 1.807) is 18.2 Å². The fourth-order valence-electron chi connectivity index (χ4n) is 3.18. The molecule has 1 heterocycles. The molecule has 5 nitrogen and oxygen atoms in total. The lowest BCUT2D eigenvalue weighted by Crippen LogP contribution is -2.24. The van der Waals surface area contributed by atoms with Crippen LogP contribution in [-0.2, 0) is 17.3 Å². The van der Waals surface area contributed by atoms with Crippen molar-refractivity contribution in [3.8, 4) is 22.6 Å². The summed E-state index contributed by atoms with van der Waals surface area (Å²) in [6.07, 6.45) is 2.76. The SMILES string of the molecule is CCCn1cccc(-c2ccc(Oc3cccc(C(C)(F)F)c3)cc2)c1=NCC(=O)O. The highest BCUT2D eigenvalue weighted by molar-refractivity contribution is 5.69. The number of aryl methyl sites for hydroxylation is 1. The van der Waals surface area contributed by atoms with Gasteiger partial charge in [0, 0.05) is 30.8 Å². The first-order valence-corrected chi connectivity index (χ1v) is 9.96. The summed E-state index contributed by atoms with van der Waals surface area (Å²) in [4.78, 5) is 15.3. The maximum atomic E-state index is 13.5. The number of nitrogens with zero attached hydrogens (tertiary/aromatic N) is 2. The molecule has 1 aromatic heterocycles. The fourth-order valence-corrected chi connectivity index (χ4v) is 3.18. The van der Waals surface area contributed by atoms with Crippen LogP contribution in [0.25, 0.3) is 11.1 Å². The summed E-state index contributed by atoms with van der Waals surface area (Å²) in [6.45, 7) is 3.28. The van der Waals surface area contributed by atoms with Crippen LogP contribution in [0.4, 0.5) is 8.78 Å². The van der Waals surface area contributed by atoms with Crippen LogP contribution < -0.4 is 10.2 Å². The van der Waals surface area contributed by atoms with Crippen molar-refractivity contribution >= 4 is 5.97 Å². The molecule has 0 radical (unpaired) electrons. The second-order valence-electron chi connectivity index (χ2n) is 7.19. The lowest BCUT2D eigenvalue weighted by Gasteiger charge is -2.13. The summed E-state index contributed by atoms with van der Waals surface area (Å²) < 4.78 is 34.8. The molecule has 0 fully saturated rings. The monoisotopic (exact) mass is 426 g/mol. The van der Waals surface area contributed by atoms with Crippen molar-refractivity contribution in [1.29, 1.82) is 0 Å². The number of halogens is 2. The lowest BCUT2D eigenvalue weighted by atomic mass is 10.1. The minimum atomic E-state index is -2.94. The van der Waals surface area contributed by atoms with Gasteiger partial charge in [-0.25, -0.2) is 8.78 Å². The number of hydrogen-bond acceptors (Lipinski definition) is 3. The van der Waals surface area contributed by atoms with Gasteiger partial charge in [-0.05, 0) is 48.4 Å². The van der Waals surface area contributed by atoms with Gasteiger partial charge in [0.05, 0.1) is 0 Å². The number of hydrogen-bond donors (Lipinski definition) is 1. The van der Waals surface area contributed by atoms with Crippen LogP contribution in [0.5, 0.6) is 11.5 Å². The number of ether oxygens (including phenoxy) is 1. The molecule has 31 heavy (non-hydrogen) atoms. The van der Waals surface area contributed by atoms with Crippen LogP contribution in [0.1, 0.15) is 25.8 Å². The van der Waals surface area contributed by atoms with Crippen molar-refractivity contribution in [2.24, 2.45) is 4.99 Å². The second-order valence-corrected chi connectivity index (χ2v) is 7.19. The van der Waals surface area contributed by atoms with E-state index < -0.39 is 11.9 Å². The summed E-state index contributed by atoms with van der Waals surface area (Å²) in [5, 5.41) is 9.04. The maximum Gasteiger partial charge on any atom is 0.325 e. The first-order valence-electron chi connectivity index (χ1n) is 9.96. The first kappa shape index (κ1) is 22.2. The van der Waals surface area contributed by atoms with Gasteiger partial charge in [0.1, 0.15) is 23.5 Å². The van der Waals surface area contributed by atoms with E-state index in [0.29, 0.717) is 23.5 Å². The van der Waals surface area contributed by atoms with Crippen molar-refractivity contribution in [2.45, 2.75) is 32.7 Å². The van der Waals surface area contributed by atoms with E-state index in [1.165, 1.54) is 18.2 Å². The molecule has 7 heteroatoms. The summed E-state index contributed by atoms with van der Waals surface area (Å²) in [5.74, 6) is -3.12. The highest BCUT2D eigenvalue weighted by Gasteiger charge is 2.24. The van der Waals surface area contributed by atoms with Crippen molar-refractivity contribution in [1.82, 2.24) is 4.57 Å². The van der Waals surface area contributed by atoms with Crippen LogP contribution in [-0.4, -0.2) is 22.2 Å². The Bertz CT molecular complexity index is 1120. The number of aromatic nitrogens is 1. The van der Waals surface area contributed by atoms with Gasteiger partial charge in [0.2, 0.25) is 0 Å². The van der Waals surface area contributed by atoms with Crippen molar-refractivity contribution < 1.29 is 23.4 Å². The zero-order valence-electron chi connectivity index (χ0n) is 17.4. The summed E-state index contributed by atoms with van der Waals surface area (Å²) >= 11 is 0. The number of pyridine rings is 1. The summed E-state index contributed by atoms with van der Waals surface area (Å²) in [7, 11) is 0. The fraction of sp³-hybridized carbons (Fsp3) is 0.250. The Labute approximate surface area is 179 Å². The zero-order valence-corrected chi connectivity index (χ0v) is 17.4. The van der Waals surface area contributed by atoms with E-state index in [2.05, 4.69) is 4.99 Å². The Hall–Kier alpha value is -3.48. The molecule has 0 saturated carbocycles. The molecule has 0 aliphatic carbocycles. The van der Waals surface area contributed by atoms with Crippen molar-refractivity contribution in [2.75, 3.05) is 6.54 Å². The minimum absolute atomic E-state index is 0.115. The van der Waals surface area contributed by atoms with E-state index in [1.807, 2.05) is 42.0 Å². The Kier molecular flexibility index (Phi) is 6.84. The standard InChI is InChI=1S/C24H24F2N2O3/c1-3-13-28-14-5-8-21(23(28)27-16-22(29)30)17-9-11-19(12-10-17)31-20-7-4-6-18(15-20)24(2,25)26/h4-12,14-15H,3,13,16H2,1-2H3,(H,29,30). The smallest absolute Gasteiger partial charge is 0.325 e. The largest absolute Gasteiger partial charge is 0.480 e. The van der Waals surface area contributed by atoms with Gasteiger partial charge >= 0.3 is 5.97 Å². The number of carboxylic acid groups (broad SMARTS) is 1. The Morgan fingerprint density at radius 3 is 2.48 bits per heavy atom. The van der Waals surface area contributed by atoms with Crippen molar-refractivity contribution in [3.05, 3.63) is 77.9 Å². The molecular formula is C24H24F2N2O3. The van der Waals surface area contributed by atoms with Gasteiger partial charge in [-0.15, -0.1) is 0 Å². The van der Waals surface area contributed by atoms with Gasteiger partial charge in [0.15, 0.2) is 0 Å². The van der Waals surface area contributed by atoms with Crippen molar-refractivity contribution in [3.63, 3.8) is 0 Å². The molecule has 0 aliphatic heterocycles. The number of carbonyl (C=O) groups is 1. The molecule has 3 aromatic rings. The van der Waals surface area contributed by atoms with Crippen LogP contribution >= 0.6 is 0 Å². The van der Waals surface area contributed by atoms with Gasteiger partial charge in [-0.2, -0.15) is 0 Å². The molecule has 0 amide bonds. The number of aliphatic carboxylic acids is 1. The number of carboxylic acids is 1. The highest BCUT2D eigenvalue weighted by Crippen LogP contribution is 2.31. The molecule has 0 bridgehead atoms. The Balaban J connectivity index is 1.91. The molecule has 1 N–H and O–H groups in total. The topological polar surface area (TPSA) is 63.8 Å². The third-order valence-electron chi connectivity index (χ3n) is 4.61. The number of benzene rings is 2. The van der Waals surface area contributed by atoms with E-state index >= 15 is 0 Å². The highest BCUT2D eigenvalue weighted by atomic mass is 19.3. The lowest BCUT2D eigenvalue weighted by molar-refractivity contribution is -0.135. The third kappa shape index (κ3) is 5.78. The van der Waals surface area contributed by atoms with E-state index in [-0.39, 0.29) is 12.1 Å². The number of rotatable bonds is 8. The van der Waals surface area contributed by atoms with Gasteiger partial charge in [0.25, 0.3) is 5.92 Å². The Morgan fingerprint density at radius 1 is 1.10 bits per heavy atom. The molecule has 0 unspecified atom stereocenters. The molecule has 0 saturated heterocycles. The van der Waals surface area contributed by atoms with Gasteiger partial charge in [-0.1, -0.05) is 31.2 Å². The maximum absolute atomic E-state index is 13.5. The molecule has 162 valence electrons. The Morgan fingerprint density at radius 2 is 1.84 bits per heavy atom. The quantitative estimate of drug-likeness (QED) is 0.521. The van der Waals surface area contributed by atoms with Gasteiger partial charge in [-0.3, -0.25) is 9.79 Å². The first-order chi connectivity index (χ1) is 14.8. The summed E-state index contributed by atoms with van der Waals surface area (Å²) in [6, 6.07) is 16.8. The molecule has 2 aromatic carbocycles. The average Bonchev–Trinajstić information content (AvgIpc) is 2.73. The molecule has 0 atom stereocenters. The minimum Gasteiger partial charge on any atom is -0.480 e. The van der Waals surface area contributed by atoms with E-state index in [4.69, 9.17) is 9.84 Å². The van der Waals surface area contributed by atoms with Crippen LogP contribution in [0.15, 0.2) is 71.9 Å². The average molecular weight is 426 g/mol. The van der Waals surface area contributed by atoms with Crippen LogP contribution in [0.2, 0.25) is 0 Å². The number of alkyl halides is 2. The van der Waals surface area contributed by atoms with E-state index in [0.717, 1.165) is 24.5 Å². The van der Waals surface area contributed by atoms with Gasteiger partial charge < -0.3 is 14.4 Å². The molecule has 3 rings (SSSR count). The third-order valence-corrected chi connectivity index (χ3v) is 4.61. The van der Waals surface area contributed by atoms with E-state index in [9.17, 15) is 13.6 Å².